The summed E-state index contributed by atoms with van der Waals surface area (Å²) in [6.07, 6.45) is 0. The third kappa shape index (κ3) is 2.36. The maximum atomic E-state index is 6.07. The molecule has 0 saturated carbocycles. The van der Waals surface area contributed by atoms with E-state index in [2.05, 4.69) is 22.6 Å². The second-order valence-corrected chi connectivity index (χ2v) is 4.82. The highest BCUT2D eigenvalue weighted by Crippen LogP contribution is 2.26. The molecule has 1 heterocycles. The topological polar surface area (TPSA) is 24.9 Å². The predicted octanol–water partition coefficient (Wildman–Crippen LogP) is 4.28. The first-order chi connectivity index (χ1) is 7.68. The van der Waals surface area contributed by atoms with Gasteiger partial charge in [-0.3, -0.25) is 0 Å². The minimum Gasteiger partial charge on any atom is -0.377 e. The van der Waals surface area contributed by atoms with Gasteiger partial charge in [-0.25, -0.2) is 4.98 Å². The lowest BCUT2D eigenvalue weighted by atomic mass is 10.1. The Morgan fingerprint density at radius 3 is 2.94 bits per heavy atom. The molecule has 0 amide bonds. The predicted molar refractivity (Wildman–Crippen MR) is 70.3 cm³/mol. The highest BCUT2D eigenvalue weighted by molar-refractivity contribution is 7.07. The molecule has 1 atom stereocenters. The van der Waals surface area contributed by atoms with Crippen LogP contribution >= 0.6 is 22.9 Å². The minimum atomic E-state index is 0.198. The molecule has 2 nitrogen and oxygen atoms in total. The summed E-state index contributed by atoms with van der Waals surface area (Å²) in [4.78, 5) is 4.29. The monoisotopic (exact) mass is 252 g/mol. The maximum Gasteiger partial charge on any atom is 0.0795 e. The van der Waals surface area contributed by atoms with Crippen molar-refractivity contribution in [3.8, 4) is 0 Å². The van der Waals surface area contributed by atoms with Gasteiger partial charge in [-0.15, -0.1) is 11.3 Å². The van der Waals surface area contributed by atoms with Gasteiger partial charge < -0.3 is 5.32 Å². The summed E-state index contributed by atoms with van der Waals surface area (Å²) in [7, 11) is 0. The first-order valence-corrected chi connectivity index (χ1v) is 6.40. The Kier molecular flexibility index (Phi) is 3.46. The van der Waals surface area contributed by atoms with E-state index in [0.29, 0.717) is 0 Å². The van der Waals surface area contributed by atoms with E-state index in [1.54, 1.807) is 11.3 Å². The number of hydrogen-bond donors (Lipinski definition) is 1. The second-order valence-electron chi connectivity index (χ2n) is 3.69. The summed E-state index contributed by atoms with van der Waals surface area (Å²) in [5.41, 5.74) is 5.04. The molecule has 2 rings (SSSR count). The van der Waals surface area contributed by atoms with Crippen molar-refractivity contribution in [2.45, 2.75) is 19.9 Å². The second kappa shape index (κ2) is 4.85. The summed E-state index contributed by atoms with van der Waals surface area (Å²) < 4.78 is 0. The Morgan fingerprint density at radius 1 is 1.44 bits per heavy atom. The number of hydrogen-bond acceptors (Lipinski definition) is 3. The number of benzene rings is 1. The van der Waals surface area contributed by atoms with Crippen LogP contribution in [0.5, 0.6) is 0 Å². The molecule has 0 aliphatic carbocycles. The number of thiazole rings is 1. The quantitative estimate of drug-likeness (QED) is 0.882. The Labute approximate surface area is 104 Å². The van der Waals surface area contributed by atoms with Crippen LogP contribution in [0, 0.1) is 6.92 Å². The normalized spacial score (nSPS) is 12.4. The Morgan fingerprint density at radius 2 is 2.25 bits per heavy atom. The fraction of sp³-hybridized carbons (Fsp3) is 0.250. The van der Waals surface area contributed by atoms with E-state index in [9.17, 15) is 0 Å². The third-order valence-electron chi connectivity index (χ3n) is 2.53. The van der Waals surface area contributed by atoms with Crippen molar-refractivity contribution in [3.05, 3.63) is 45.4 Å². The van der Waals surface area contributed by atoms with Gasteiger partial charge in [0.05, 0.1) is 17.2 Å². The molecule has 0 bridgehead atoms. The van der Waals surface area contributed by atoms with E-state index in [1.165, 1.54) is 0 Å². The first-order valence-electron chi connectivity index (χ1n) is 5.08. The molecule has 1 N–H and O–H groups in total. The van der Waals surface area contributed by atoms with Crippen molar-refractivity contribution >= 4 is 28.6 Å². The molecule has 0 saturated heterocycles. The fourth-order valence-corrected chi connectivity index (χ4v) is 2.33. The SMILES string of the molecule is Cc1c(Cl)cccc1NC(C)c1cscn1. The van der Waals surface area contributed by atoms with Gasteiger partial charge in [0.1, 0.15) is 0 Å². The van der Waals surface area contributed by atoms with Crippen LogP contribution in [0.3, 0.4) is 0 Å². The zero-order chi connectivity index (χ0) is 11.5. The van der Waals surface area contributed by atoms with E-state index in [-0.39, 0.29) is 6.04 Å². The number of rotatable bonds is 3. The molecule has 16 heavy (non-hydrogen) atoms. The van der Waals surface area contributed by atoms with E-state index >= 15 is 0 Å². The Bertz CT molecular complexity index is 468. The standard InChI is InChI=1S/C12H13ClN2S/c1-8-10(13)4-3-5-11(8)15-9(2)12-6-16-7-14-12/h3-7,9,15H,1-2H3. The molecule has 2 aromatic rings. The number of nitrogens with one attached hydrogen (secondary N) is 1. The summed E-state index contributed by atoms with van der Waals surface area (Å²) in [5.74, 6) is 0. The summed E-state index contributed by atoms with van der Waals surface area (Å²) >= 11 is 7.68. The molecule has 1 aromatic heterocycles. The van der Waals surface area contributed by atoms with Crippen LogP contribution in [0.25, 0.3) is 0 Å². The Balaban J connectivity index is 2.18. The van der Waals surface area contributed by atoms with E-state index in [4.69, 9.17) is 11.6 Å². The lowest BCUT2D eigenvalue weighted by Gasteiger charge is -2.15. The van der Waals surface area contributed by atoms with E-state index in [1.807, 2.05) is 30.6 Å². The van der Waals surface area contributed by atoms with Gasteiger partial charge in [-0.05, 0) is 31.5 Å². The van der Waals surface area contributed by atoms with Crippen molar-refractivity contribution in [1.29, 1.82) is 0 Å². The zero-order valence-electron chi connectivity index (χ0n) is 9.20. The van der Waals surface area contributed by atoms with Crippen LogP contribution in [0.1, 0.15) is 24.2 Å². The molecular weight excluding hydrogens is 240 g/mol. The molecule has 0 spiro atoms. The number of anilines is 1. The van der Waals surface area contributed by atoms with Gasteiger partial charge in [0, 0.05) is 16.1 Å². The van der Waals surface area contributed by atoms with Crippen LogP contribution in [0.15, 0.2) is 29.1 Å². The molecule has 4 heteroatoms. The van der Waals surface area contributed by atoms with Crippen LogP contribution in [0.2, 0.25) is 5.02 Å². The van der Waals surface area contributed by atoms with Crippen LogP contribution in [-0.4, -0.2) is 4.98 Å². The molecule has 0 aliphatic rings. The summed E-state index contributed by atoms with van der Waals surface area (Å²) in [5, 5.41) is 6.25. The first kappa shape index (κ1) is 11.4. The largest absolute Gasteiger partial charge is 0.377 e. The molecule has 0 fully saturated rings. The maximum absolute atomic E-state index is 6.07. The lowest BCUT2D eigenvalue weighted by Crippen LogP contribution is -2.07. The van der Waals surface area contributed by atoms with E-state index < -0.39 is 0 Å². The minimum absolute atomic E-state index is 0.198. The van der Waals surface area contributed by atoms with Crippen LogP contribution < -0.4 is 5.32 Å². The number of nitrogens with zero attached hydrogens (tertiary/aromatic N) is 1. The highest BCUT2D eigenvalue weighted by Gasteiger charge is 2.09. The van der Waals surface area contributed by atoms with Gasteiger partial charge in [0.15, 0.2) is 0 Å². The molecular formula is C12H13ClN2S. The molecule has 1 aromatic carbocycles. The van der Waals surface area contributed by atoms with Gasteiger partial charge in [0.2, 0.25) is 0 Å². The molecule has 0 radical (unpaired) electrons. The van der Waals surface area contributed by atoms with Crippen molar-refractivity contribution < 1.29 is 0 Å². The average molecular weight is 253 g/mol. The highest BCUT2D eigenvalue weighted by atomic mass is 35.5. The zero-order valence-corrected chi connectivity index (χ0v) is 10.8. The molecule has 0 aliphatic heterocycles. The summed E-state index contributed by atoms with van der Waals surface area (Å²) in [6.45, 7) is 4.10. The molecule has 1 unspecified atom stereocenters. The van der Waals surface area contributed by atoms with Gasteiger partial charge in [-0.2, -0.15) is 0 Å². The Hall–Kier alpha value is -1.06. The smallest absolute Gasteiger partial charge is 0.0795 e. The van der Waals surface area contributed by atoms with E-state index in [0.717, 1.165) is 22.0 Å². The number of halogens is 1. The van der Waals surface area contributed by atoms with Crippen molar-refractivity contribution in [2.24, 2.45) is 0 Å². The van der Waals surface area contributed by atoms with Crippen molar-refractivity contribution in [2.75, 3.05) is 5.32 Å². The lowest BCUT2D eigenvalue weighted by molar-refractivity contribution is 0.848. The number of aromatic nitrogens is 1. The van der Waals surface area contributed by atoms with Crippen LogP contribution in [0.4, 0.5) is 5.69 Å². The van der Waals surface area contributed by atoms with Crippen LogP contribution in [-0.2, 0) is 0 Å². The van der Waals surface area contributed by atoms with Crippen molar-refractivity contribution in [1.82, 2.24) is 4.98 Å². The fourth-order valence-electron chi connectivity index (χ4n) is 1.51. The van der Waals surface area contributed by atoms with Gasteiger partial charge in [-0.1, -0.05) is 17.7 Å². The molecule has 84 valence electrons. The van der Waals surface area contributed by atoms with Gasteiger partial charge >= 0.3 is 0 Å². The van der Waals surface area contributed by atoms with Crippen molar-refractivity contribution in [3.63, 3.8) is 0 Å². The average Bonchev–Trinajstić information content (AvgIpc) is 2.78. The summed E-state index contributed by atoms with van der Waals surface area (Å²) in [6, 6.07) is 6.08. The van der Waals surface area contributed by atoms with Gasteiger partial charge in [0.25, 0.3) is 0 Å². The third-order valence-corrected chi connectivity index (χ3v) is 3.55.